The number of para-hydroxylation sites is 1. The van der Waals surface area contributed by atoms with Crippen molar-refractivity contribution >= 4 is 23.0 Å². The van der Waals surface area contributed by atoms with Gasteiger partial charge in [-0.15, -0.1) is 0 Å². The van der Waals surface area contributed by atoms with Crippen molar-refractivity contribution in [2.75, 3.05) is 26.7 Å². The fourth-order valence-electron chi connectivity index (χ4n) is 4.10. The van der Waals surface area contributed by atoms with Crippen molar-refractivity contribution in [2.45, 2.75) is 52.1 Å². The molecule has 1 aliphatic rings. The number of aromatic amines is 1. The minimum atomic E-state index is -0.775. The van der Waals surface area contributed by atoms with E-state index in [1.165, 1.54) is 12.5 Å². The van der Waals surface area contributed by atoms with Gasteiger partial charge < -0.3 is 25.4 Å². The molecule has 3 amide bonds. The Morgan fingerprint density at radius 3 is 2.67 bits per heavy atom. The summed E-state index contributed by atoms with van der Waals surface area (Å²) in [7, 11) is 1.71. The molecule has 0 unspecified atom stereocenters. The number of fused-ring (bicyclic) bond motifs is 1. The largest absolute Gasteiger partial charge is 0.375 e. The van der Waals surface area contributed by atoms with Crippen LogP contribution in [0.4, 0.5) is 9.18 Å². The Balaban J connectivity index is 1.67. The van der Waals surface area contributed by atoms with Gasteiger partial charge in [0.1, 0.15) is 17.4 Å². The van der Waals surface area contributed by atoms with Gasteiger partial charge in [0, 0.05) is 38.8 Å². The molecule has 1 fully saturated rings. The van der Waals surface area contributed by atoms with Crippen LogP contribution in [-0.2, 0) is 11.3 Å². The van der Waals surface area contributed by atoms with E-state index in [9.17, 15) is 14.0 Å². The first kappa shape index (κ1) is 24.5. The van der Waals surface area contributed by atoms with Crippen LogP contribution in [0.1, 0.15) is 45.4 Å². The van der Waals surface area contributed by atoms with Crippen LogP contribution in [0.2, 0.25) is 0 Å². The van der Waals surface area contributed by atoms with Gasteiger partial charge in [0.15, 0.2) is 5.82 Å². The van der Waals surface area contributed by atoms with Crippen LogP contribution < -0.4 is 10.6 Å². The number of rotatable bonds is 9. The molecule has 1 aliphatic heterocycles. The lowest BCUT2D eigenvalue weighted by atomic mass is 10.1. The molecule has 3 N–H and O–H groups in total. The molecule has 8 nitrogen and oxygen atoms in total. The van der Waals surface area contributed by atoms with E-state index in [1.807, 2.05) is 13.8 Å². The molecule has 180 valence electrons. The second-order valence-corrected chi connectivity index (χ2v) is 9.13. The number of carbonyl (C=O) groups excluding carboxylic acids is 2. The molecule has 1 atom stereocenters. The molecule has 1 aromatic carbocycles. The van der Waals surface area contributed by atoms with E-state index in [1.54, 1.807) is 24.1 Å². The number of hydrogen-bond donors (Lipinski definition) is 3. The van der Waals surface area contributed by atoms with Crippen molar-refractivity contribution in [3.63, 3.8) is 0 Å². The zero-order valence-electron chi connectivity index (χ0n) is 19.8. The summed E-state index contributed by atoms with van der Waals surface area (Å²) in [5, 5.41) is 5.69. The average molecular weight is 459 g/mol. The average Bonchev–Trinajstić information content (AvgIpc) is 3.21. The number of urea groups is 1. The molecule has 1 saturated heterocycles. The summed E-state index contributed by atoms with van der Waals surface area (Å²) in [4.78, 5) is 36.8. The molecule has 0 bridgehead atoms. The summed E-state index contributed by atoms with van der Waals surface area (Å²) in [5.74, 6) is 0.00278. The molecular formula is C24H35FN6O2. The third-order valence-electron chi connectivity index (χ3n) is 5.79. The van der Waals surface area contributed by atoms with Crippen molar-refractivity contribution in [1.29, 1.82) is 0 Å². The third kappa shape index (κ3) is 6.69. The second kappa shape index (κ2) is 11.2. The second-order valence-electron chi connectivity index (χ2n) is 9.13. The Kier molecular flexibility index (Phi) is 8.30. The van der Waals surface area contributed by atoms with E-state index in [0.717, 1.165) is 31.6 Å². The highest BCUT2D eigenvalue weighted by Gasteiger charge is 2.26. The zero-order valence-corrected chi connectivity index (χ0v) is 19.8. The van der Waals surface area contributed by atoms with Crippen LogP contribution in [0.25, 0.3) is 11.0 Å². The molecule has 3 rings (SSSR count). The van der Waals surface area contributed by atoms with Gasteiger partial charge in [0.2, 0.25) is 5.91 Å². The number of aromatic nitrogens is 2. The summed E-state index contributed by atoms with van der Waals surface area (Å²) in [6, 6.07) is 3.59. The summed E-state index contributed by atoms with van der Waals surface area (Å²) in [5.41, 5.74) is 1.64. The number of halogens is 1. The number of nitrogens with zero attached hydrogens (tertiary/aromatic N) is 3. The maximum absolute atomic E-state index is 13.9. The van der Waals surface area contributed by atoms with Crippen molar-refractivity contribution in [3.05, 3.63) is 42.1 Å². The maximum Gasteiger partial charge on any atom is 0.317 e. The lowest BCUT2D eigenvalue weighted by molar-refractivity contribution is -0.123. The van der Waals surface area contributed by atoms with Crippen LogP contribution in [-0.4, -0.2) is 64.4 Å². The number of benzene rings is 1. The standard InChI is InChI=1S/C24H35FN6O2/c1-16(2)15-30(4)24(33)28-20(13-17(3)31-11-6-5-7-12-31)23(32)26-14-21-27-19-10-8-9-18(25)22(19)29-21/h8-10,16,20H,3,5-7,11-15H2,1-2,4H3,(H,26,32)(H,27,29)(H,28,33)/t20-/m0/s1. The molecule has 0 saturated carbocycles. The molecule has 0 spiro atoms. The SMILES string of the molecule is C=C(C[C@H](NC(=O)N(C)CC(C)C)C(=O)NCc1nc2c(F)cccc2[nH]1)N1CCCCC1. The Bertz CT molecular complexity index is 982. The predicted molar refractivity (Wildman–Crippen MR) is 127 cm³/mol. The fourth-order valence-corrected chi connectivity index (χ4v) is 4.10. The van der Waals surface area contributed by atoms with Crippen molar-refractivity contribution in [3.8, 4) is 0 Å². The quantitative estimate of drug-likeness (QED) is 0.537. The number of imidazole rings is 1. The van der Waals surface area contributed by atoms with Crippen LogP contribution >= 0.6 is 0 Å². The molecule has 33 heavy (non-hydrogen) atoms. The van der Waals surface area contributed by atoms with Crippen LogP contribution in [0.5, 0.6) is 0 Å². The molecule has 2 aromatic rings. The van der Waals surface area contributed by atoms with Crippen molar-refractivity contribution < 1.29 is 14.0 Å². The van der Waals surface area contributed by atoms with E-state index in [4.69, 9.17) is 0 Å². The number of H-pyrrole nitrogens is 1. The lowest BCUT2D eigenvalue weighted by Gasteiger charge is -2.32. The molecule has 1 aromatic heterocycles. The van der Waals surface area contributed by atoms with Gasteiger partial charge in [0.05, 0.1) is 12.1 Å². The minimum Gasteiger partial charge on any atom is -0.375 e. The normalized spacial score (nSPS) is 14.9. The number of hydrogen-bond acceptors (Lipinski definition) is 4. The molecule has 2 heterocycles. The Morgan fingerprint density at radius 1 is 1.27 bits per heavy atom. The lowest BCUT2D eigenvalue weighted by Crippen LogP contribution is -2.51. The zero-order chi connectivity index (χ0) is 24.0. The number of piperidine rings is 1. The molecule has 9 heteroatoms. The Labute approximate surface area is 194 Å². The first-order chi connectivity index (χ1) is 15.7. The van der Waals surface area contributed by atoms with Gasteiger partial charge in [-0.2, -0.15) is 0 Å². The summed E-state index contributed by atoms with van der Waals surface area (Å²) >= 11 is 0. The Morgan fingerprint density at radius 2 is 2.00 bits per heavy atom. The first-order valence-corrected chi connectivity index (χ1v) is 11.6. The van der Waals surface area contributed by atoms with Gasteiger partial charge in [-0.1, -0.05) is 26.5 Å². The van der Waals surface area contributed by atoms with Gasteiger partial charge in [-0.25, -0.2) is 14.2 Å². The van der Waals surface area contributed by atoms with Gasteiger partial charge >= 0.3 is 6.03 Å². The van der Waals surface area contributed by atoms with E-state index in [-0.39, 0.29) is 24.0 Å². The first-order valence-electron chi connectivity index (χ1n) is 11.6. The summed E-state index contributed by atoms with van der Waals surface area (Å²) < 4.78 is 13.9. The Hall–Kier alpha value is -3.10. The maximum atomic E-state index is 13.9. The van der Waals surface area contributed by atoms with Crippen LogP contribution in [0, 0.1) is 11.7 Å². The van der Waals surface area contributed by atoms with Gasteiger partial charge in [-0.3, -0.25) is 4.79 Å². The molecular weight excluding hydrogens is 423 g/mol. The highest BCUT2D eigenvalue weighted by molar-refractivity contribution is 5.87. The van der Waals surface area contributed by atoms with Crippen LogP contribution in [0.15, 0.2) is 30.5 Å². The monoisotopic (exact) mass is 458 g/mol. The number of nitrogens with one attached hydrogen (secondary N) is 3. The van der Waals surface area contributed by atoms with E-state index in [0.29, 0.717) is 30.2 Å². The fraction of sp³-hybridized carbons (Fsp3) is 0.542. The highest BCUT2D eigenvalue weighted by Crippen LogP contribution is 2.18. The molecule has 0 aliphatic carbocycles. The van der Waals surface area contributed by atoms with Crippen molar-refractivity contribution in [1.82, 2.24) is 30.4 Å². The topological polar surface area (TPSA) is 93.4 Å². The number of carbonyl (C=O) groups is 2. The number of likely N-dealkylation sites (tertiary alicyclic amines) is 1. The van der Waals surface area contributed by atoms with E-state index < -0.39 is 11.9 Å². The third-order valence-corrected chi connectivity index (χ3v) is 5.79. The van der Waals surface area contributed by atoms with Gasteiger partial charge in [0.25, 0.3) is 0 Å². The van der Waals surface area contributed by atoms with E-state index >= 15 is 0 Å². The van der Waals surface area contributed by atoms with Crippen LogP contribution in [0.3, 0.4) is 0 Å². The smallest absolute Gasteiger partial charge is 0.317 e. The number of amides is 3. The summed E-state index contributed by atoms with van der Waals surface area (Å²) in [6.07, 6.45) is 3.72. The highest BCUT2D eigenvalue weighted by atomic mass is 19.1. The summed E-state index contributed by atoms with van der Waals surface area (Å²) in [6.45, 7) is 10.7. The van der Waals surface area contributed by atoms with Crippen molar-refractivity contribution in [2.24, 2.45) is 5.92 Å². The molecule has 0 radical (unpaired) electrons. The minimum absolute atomic E-state index is 0.0946. The predicted octanol–water partition coefficient (Wildman–Crippen LogP) is 3.37. The van der Waals surface area contributed by atoms with Gasteiger partial charge in [-0.05, 0) is 37.3 Å². The van der Waals surface area contributed by atoms with E-state index in [2.05, 4.69) is 32.1 Å².